The number of amides is 2. The summed E-state index contributed by atoms with van der Waals surface area (Å²) in [6.45, 7) is 1.90. The lowest BCUT2D eigenvalue weighted by molar-refractivity contribution is -0.113. The number of rotatable bonds is 6. The van der Waals surface area contributed by atoms with Gasteiger partial charge in [0.1, 0.15) is 5.69 Å². The number of nitrogen functional groups attached to an aromatic ring is 1. The van der Waals surface area contributed by atoms with E-state index in [9.17, 15) is 14.4 Å². The van der Waals surface area contributed by atoms with Crippen LogP contribution >= 0.6 is 35.0 Å². The number of aryl methyl sites for hydroxylation is 1. The van der Waals surface area contributed by atoms with Gasteiger partial charge in [0.25, 0.3) is 11.5 Å². The van der Waals surface area contributed by atoms with Crippen molar-refractivity contribution in [3.05, 3.63) is 74.0 Å². The molecule has 2 amide bonds. The van der Waals surface area contributed by atoms with Crippen LogP contribution in [0.25, 0.3) is 0 Å². The molecule has 31 heavy (non-hydrogen) atoms. The molecule has 0 aliphatic heterocycles. The summed E-state index contributed by atoms with van der Waals surface area (Å²) < 4.78 is 0. The monoisotopic (exact) mass is 477 g/mol. The Hall–Kier alpha value is -3.01. The Morgan fingerprint density at radius 3 is 2.45 bits per heavy atom. The van der Waals surface area contributed by atoms with Gasteiger partial charge >= 0.3 is 0 Å². The molecule has 0 unspecified atom stereocenters. The molecule has 0 aliphatic rings. The minimum atomic E-state index is -0.625. The molecule has 5 N–H and O–H groups in total. The van der Waals surface area contributed by atoms with Gasteiger partial charge in [0, 0.05) is 11.3 Å². The third-order valence-electron chi connectivity index (χ3n) is 4.02. The van der Waals surface area contributed by atoms with Crippen molar-refractivity contribution in [1.82, 2.24) is 9.97 Å². The van der Waals surface area contributed by atoms with Crippen molar-refractivity contribution in [1.29, 1.82) is 0 Å². The quantitative estimate of drug-likeness (QED) is 0.314. The summed E-state index contributed by atoms with van der Waals surface area (Å²) in [6, 6.07) is 11.5. The molecule has 0 saturated carbocycles. The Kier molecular flexibility index (Phi) is 7.21. The number of hydrogen-bond acceptors (Lipinski definition) is 6. The average molecular weight is 478 g/mol. The molecule has 0 saturated heterocycles. The first-order chi connectivity index (χ1) is 14.7. The molecule has 3 rings (SSSR count). The van der Waals surface area contributed by atoms with Gasteiger partial charge in [-0.05, 0) is 37.3 Å². The second-order valence-corrected chi connectivity index (χ2v) is 8.20. The first-order valence-electron chi connectivity index (χ1n) is 8.88. The van der Waals surface area contributed by atoms with Crippen LogP contribution in [0.5, 0.6) is 0 Å². The van der Waals surface area contributed by atoms with Gasteiger partial charge in [-0.1, -0.05) is 52.7 Å². The summed E-state index contributed by atoms with van der Waals surface area (Å²) in [6.07, 6.45) is 0. The summed E-state index contributed by atoms with van der Waals surface area (Å²) in [7, 11) is 0. The van der Waals surface area contributed by atoms with Gasteiger partial charge in [0.2, 0.25) is 5.91 Å². The molecule has 11 heteroatoms. The Labute approximate surface area is 191 Å². The Morgan fingerprint density at radius 1 is 1.10 bits per heavy atom. The van der Waals surface area contributed by atoms with E-state index in [0.29, 0.717) is 21.3 Å². The van der Waals surface area contributed by atoms with Crippen molar-refractivity contribution >= 4 is 64.0 Å². The van der Waals surface area contributed by atoms with Crippen molar-refractivity contribution in [2.45, 2.75) is 12.1 Å². The van der Waals surface area contributed by atoms with Crippen molar-refractivity contribution < 1.29 is 9.59 Å². The number of H-pyrrole nitrogens is 1. The predicted octanol–water partition coefficient (Wildman–Crippen LogP) is 3.95. The fourth-order valence-corrected chi connectivity index (χ4v) is 3.42. The maximum Gasteiger partial charge on any atom is 0.277 e. The first kappa shape index (κ1) is 22.7. The molecule has 0 radical (unpaired) electrons. The first-order valence-corrected chi connectivity index (χ1v) is 10.6. The lowest BCUT2D eigenvalue weighted by atomic mass is 10.1. The average Bonchev–Trinajstić information content (AvgIpc) is 2.72. The normalized spacial score (nSPS) is 10.5. The molecule has 0 spiro atoms. The number of carbonyl (C=O) groups is 2. The van der Waals surface area contributed by atoms with E-state index in [1.807, 2.05) is 6.92 Å². The maximum absolute atomic E-state index is 12.4. The van der Waals surface area contributed by atoms with Gasteiger partial charge in [-0.25, -0.2) is 4.98 Å². The third-order valence-corrected chi connectivity index (χ3v) is 5.63. The molecule has 2 aromatic carbocycles. The van der Waals surface area contributed by atoms with Gasteiger partial charge in [-0.15, -0.1) is 0 Å². The van der Waals surface area contributed by atoms with Crippen molar-refractivity contribution in [2.24, 2.45) is 0 Å². The summed E-state index contributed by atoms with van der Waals surface area (Å²) in [5.74, 6) is -1.03. The lowest BCUT2D eigenvalue weighted by Crippen LogP contribution is -2.23. The number of nitrogens with one attached hydrogen (secondary N) is 3. The number of benzene rings is 2. The van der Waals surface area contributed by atoms with E-state index < -0.39 is 11.5 Å². The number of halogens is 2. The minimum Gasteiger partial charge on any atom is -0.382 e. The standard InChI is InChI=1S/C20H17Cl2N5O3S/c1-10-2-4-11(5-3-10)18(29)25-16-17(23)26-20(27-19(16)30)31-9-15(28)24-12-6-7-13(21)14(22)8-12/h2-8H,9H2,1H3,(H,24,28)(H,25,29)(H3,23,26,27,30). The number of anilines is 3. The molecule has 8 nitrogen and oxygen atoms in total. The van der Waals surface area contributed by atoms with E-state index in [2.05, 4.69) is 20.6 Å². The molecule has 0 aliphatic carbocycles. The zero-order chi connectivity index (χ0) is 22.5. The zero-order valence-electron chi connectivity index (χ0n) is 16.2. The van der Waals surface area contributed by atoms with Gasteiger partial charge in [0.15, 0.2) is 11.0 Å². The van der Waals surface area contributed by atoms with E-state index in [-0.39, 0.29) is 28.3 Å². The van der Waals surface area contributed by atoms with Crippen LogP contribution < -0.4 is 21.9 Å². The molecular weight excluding hydrogens is 461 g/mol. The van der Waals surface area contributed by atoms with Crippen LogP contribution in [0, 0.1) is 6.92 Å². The number of thioether (sulfide) groups is 1. The number of hydrogen-bond donors (Lipinski definition) is 4. The molecule has 160 valence electrons. The van der Waals surface area contributed by atoms with Crippen LogP contribution in [0.1, 0.15) is 15.9 Å². The SMILES string of the molecule is Cc1ccc(C(=O)Nc2c(N)nc(SCC(=O)Nc3ccc(Cl)c(Cl)c3)[nH]c2=O)cc1. The Bertz CT molecular complexity index is 1200. The van der Waals surface area contributed by atoms with Gasteiger partial charge in [-0.3, -0.25) is 19.4 Å². The van der Waals surface area contributed by atoms with E-state index in [4.69, 9.17) is 28.9 Å². The summed E-state index contributed by atoms with van der Waals surface area (Å²) in [5.41, 5.74) is 6.92. The van der Waals surface area contributed by atoms with Crippen LogP contribution in [0.15, 0.2) is 52.4 Å². The van der Waals surface area contributed by atoms with E-state index >= 15 is 0 Å². The van der Waals surface area contributed by atoms with E-state index in [1.165, 1.54) is 6.07 Å². The van der Waals surface area contributed by atoms with Crippen LogP contribution in [-0.2, 0) is 4.79 Å². The number of carbonyl (C=O) groups excluding carboxylic acids is 2. The molecule has 0 atom stereocenters. The fourth-order valence-electron chi connectivity index (χ4n) is 2.45. The number of aromatic nitrogens is 2. The molecule has 1 aromatic heterocycles. The van der Waals surface area contributed by atoms with Crippen LogP contribution in [0.2, 0.25) is 10.0 Å². The van der Waals surface area contributed by atoms with E-state index in [1.54, 1.807) is 36.4 Å². The summed E-state index contributed by atoms with van der Waals surface area (Å²) in [5, 5.41) is 5.95. The van der Waals surface area contributed by atoms with Crippen molar-refractivity contribution in [3.8, 4) is 0 Å². The minimum absolute atomic E-state index is 0.0440. The van der Waals surface area contributed by atoms with Crippen LogP contribution in [0.3, 0.4) is 0 Å². The highest BCUT2D eigenvalue weighted by molar-refractivity contribution is 7.99. The Morgan fingerprint density at radius 2 is 1.81 bits per heavy atom. The van der Waals surface area contributed by atoms with Gasteiger partial charge in [0.05, 0.1) is 15.8 Å². The van der Waals surface area contributed by atoms with Gasteiger partial charge in [-0.2, -0.15) is 0 Å². The summed E-state index contributed by atoms with van der Waals surface area (Å²) in [4.78, 5) is 43.4. The fraction of sp³-hybridized carbons (Fsp3) is 0.100. The second-order valence-electron chi connectivity index (χ2n) is 6.42. The molecule has 1 heterocycles. The van der Waals surface area contributed by atoms with Crippen LogP contribution in [0.4, 0.5) is 17.2 Å². The highest BCUT2D eigenvalue weighted by atomic mass is 35.5. The molecule has 0 bridgehead atoms. The second kappa shape index (κ2) is 9.86. The maximum atomic E-state index is 12.4. The summed E-state index contributed by atoms with van der Waals surface area (Å²) >= 11 is 12.7. The largest absolute Gasteiger partial charge is 0.382 e. The van der Waals surface area contributed by atoms with Gasteiger partial charge < -0.3 is 16.4 Å². The molecular formula is C20H17Cl2N5O3S. The number of nitrogens with two attached hydrogens (primary N) is 1. The van der Waals surface area contributed by atoms with E-state index in [0.717, 1.165) is 17.3 Å². The molecule has 3 aromatic rings. The van der Waals surface area contributed by atoms with Crippen molar-refractivity contribution in [2.75, 3.05) is 22.1 Å². The highest BCUT2D eigenvalue weighted by Crippen LogP contribution is 2.25. The molecule has 0 fully saturated rings. The highest BCUT2D eigenvalue weighted by Gasteiger charge is 2.15. The van der Waals surface area contributed by atoms with Crippen LogP contribution in [-0.4, -0.2) is 27.5 Å². The third kappa shape index (κ3) is 6.00. The smallest absolute Gasteiger partial charge is 0.277 e. The lowest BCUT2D eigenvalue weighted by Gasteiger charge is -2.09. The number of nitrogens with zero attached hydrogens (tertiary/aromatic N) is 1. The Balaban J connectivity index is 1.63. The predicted molar refractivity (Wildman–Crippen MR) is 124 cm³/mol. The zero-order valence-corrected chi connectivity index (χ0v) is 18.5. The number of aromatic amines is 1. The van der Waals surface area contributed by atoms with Crippen molar-refractivity contribution in [3.63, 3.8) is 0 Å². The topological polar surface area (TPSA) is 130 Å².